The van der Waals surface area contributed by atoms with Crippen LogP contribution in [-0.2, 0) is 0 Å². The highest BCUT2D eigenvalue weighted by Crippen LogP contribution is 2.36. The van der Waals surface area contributed by atoms with Crippen molar-refractivity contribution in [3.05, 3.63) is 0 Å². The minimum absolute atomic E-state index is 0.892. The third kappa shape index (κ3) is 17.3. The summed E-state index contributed by atoms with van der Waals surface area (Å²) in [6.07, 6.45) is 52.8. The van der Waals surface area contributed by atoms with Crippen molar-refractivity contribution >= 4 is 0 Å². The van der Waals surface area contributed by atoms with E-state index in [2.05, 4.69) is 47.9 Å². The molecule has 20 aliphatic rings. The van der Waals surface area contributed by atoms with E-state index in [9.17, 15) is 0 Å². The van der Waals surface area contributed by atoms with Crippen molar-refractivity contribution in [2.45, 2.75) is 292 Å². The molecule has 0 spiro atoms. The van der Waals surface area contributed by atoms with Crippen molar-refractivity contribution in [2.75, 3.05) is 52.4 Å². The summed E-state index contributed by atoms with van der Waals surface area (Å²) in [6.45, 7) is 10.4. The van der Waals surface area contributed by atoms with Crippen LogP contribution in [0.3, 0.4) is 0 Å². The number of rotatable bonds is 0. The summed E-state index contributed by atoms with van der Waals surface area (Å²) >= 11 is 0. The maximum absolute atomic E-state index is 3.59. The lowest BCUT2D eigenvalue weighted by Gasteiger charge is -2.26. The van der Waals surface area contributed by atoms with Gasteiger partial charge in [-0.1, -0.05) is 25.7 Å². The van der Waals surface area contributed by atoms with Gasteiger partial charge >= 0.3 is 0 Å². The lowest BCUT2D eigenvalue weighted by Crippen LogP contribution is -2.37. The zero-order chi connectivity index (χ0) is 47.9. The summed E-state index contributed by atoms with van der Waals surface area (Å²) in [5.41, 5.74) is 0. The molecule has 20 rings (SSSR count). The summed E-state index contributed by atoms with van der Waals surface area (Å²) in [5, 5.41) is 31.7. The summed E-state index contributed by atoms with van der Waals surface area (Å²) < 4.78 is 0. The Morgan fingerprint density at radius 1 is 0.211 bits per heavy atom. The van der Waals surface area contributed by atoms with Gasteiger partial charge in [-0.25, -0.2) is 0 Å². The molecule has 0 amide bonds. The molecule has 13 saturated heterocycles. The first-order valence-electron chi connectivity index (χ1n) is 32.7. The van der Waals surface area contributed by atoms with Crippen molar-refractivity contribution in [1.29, 1.82) is 0 Å². The highest BCUT2D eigenvalue weighted by atomic mass is 15.0. The van der Waals surface area contributed by atoms with Gasteiger partial charge in [0.1, 0.15) is 0 Å². The molecule has 7 aliphatic carbocycles. The molecule has 9 heteroatoms. The minimum atomic E-state index is 0.892. The third-order valence-electron chi connectivity index (χ3n) is 22.3. The van der Waals surface area contributed by atoms with E-state index in [0.717, 1.165) is 108 Å². The predicted molar refractivity (Wildman–Crippen MR) is 299 cm³/mol. The molecule has 14 bridgehead atoms. The van der Waals surface area contributed by atoms with Crippen LogP contribution < -0.4 is 47.9 Å². The highest BCUT2D eigenvalue weighted by molar-refractivity contribution is 4.94. The maximum atomic E-state index is 3.59. The third-order valence-corrected chi connectivity index (χ3v) is 22.3. The number of hydrogen-bond donors (Lipinski definition) is 9. The van der Waals surface area contributed by atoms with E-state index in [1.165, 1.54) is 284 Å². The zero-order valence-electron chi connectivity index (χ0n) is 46.0. The second-order valence-electron chi connectivity index (χ2n) is 27.6. The Kier molecular flexibility index (Phi) is 21.9. The molecular formula is C62H115N9. The molecule has 71 heavy (non-hydrogen) atoms. The Morgan fingerprint density at radius 2 is 0.648 bits per heavy atom. The number of piperidine rings is 4. The molecule has 0 aromatic carbocycles. The number of nitrogens with one attached hydrogen (secondary N) is 9. The Balaban J connectivity index is 0.0000000923. The van der Waals surface area contributed by atoms with E-state index >= 15 is 0 Å². The lowest BCUT2D eigenvalue weighted by molar-refractivity contribution is 0.318. The Morgan fingerprint density at radius 3 is 1.18 bits per heavy atom. The van der Waals surface area contributed by atoms with Gasteiger partial charge in [-0.2, -0.15) is 0 Å². The van der Waals surface area contributed by atoms with E-state index in [4.69, 9.17) is 0 Å². The van der Waals surface area contributed by atoms with E-state index in [1.54, 1.807) is 0 Å². The number of fused-ring (bicyclic) bond motifs is 17. The molecule has 13 heterocycles. The van der Waals surface area contributed by atoms with Gasteiger partial charge in [0.2, 0.25) is 0 Å². The van der Waals surface area contributed by atoms with Crippen LogP contribution in [0.4, 0.5) is 0 Å². The van der Waals surface area contributed by atoms with Gasteiger partial charge in [-0.05, 0) is 305 Å². The van der Waals surface area contributed by atoms with Gasteiger partial charge in [0.05, 0.1) is 0 Å². The van der Waals surface area contributed by atoms with E-state index < -0.39 is 0 Å². The average Bonchev–Trinajstić information content (AvgIpc) is 4.25. The average molecular weight is 987 g/mol. The van der Waals surface area contributed by atoms with Crippen molar-refractivity contribution < 1.29 is 0 Å². The summed E-state index contributed by atoms with van der Waals surface area (Å²) in [7, 11) is 0. The molecule has 9 nitrogen and oxygen atoms in total. The Hall–Kier alpha value is -0.360. The van der Waals surface area contributed by atoms with Gasteiger partial charge in [0, 0.05) is 60.4 Å². The molecule has 12 atom stereocenters. The Labute approximate surface area is 437 Å². The fourth-order valence-corrected chi connectivity index (χ4v) is 17.7. The van der Waals surface area contributed by atoms with E-state index in [-0.39, 0.29) is 0 Å². The van der Waals surface area contributed by atoms with Crippen LogP contribution in [0.1, 0.15) is 231 Å². The van der Waals surface area contributed by atoms with Gasteiger partial charge in [0.25, 0.3) is 0 Å². The SMILES string of the molecule is C1CC2CCC(C1)N2.C1CC2CCC(C2)N1.C1CC2CCC(CC2)N1.C1CC2CCC1N2.C1CC2CCNC2C1.C1CC2CNC(C1)C2.C1CC2CNCC1C2.C1CNC2CCCC2C1.C1NC2CC1C2. The quantitative estimate of drug-likeness (QED) is 0.117. The maximum Gasteiger partial charge on any atom is 0.00958 e. The largest absolute Gasteiger partial charge is 0.316 e. The van der Waals surface area contributed by atoms with Crippen molar-refractivity contribution in [1.82, 2.24) is 47.9 Å². The predicted octanol–water partition coefficient (Wildman–Crippen LogP) is 10.1. The first kappa shape index (κ1) is 54.0. The smallest absolute Gasteiger partial charge is 0.00958 e. The normalized spacial score (nSPS) is 45.3. The fraction of sp³-hybridized carbons (Fsp3) is 1.00. The molecule has 7 saturated carbocycles. The van der Waals surface area contributed by atoms with Crippen LogP contribution in [0.15, 0.2) is 0 Å². The molecule has 12 unspecified atom stereocenters. The molecule has 13 aliphatic heterocycles. The van der Waals surface area contributed by atoms with Crippen LogP contribution >= 0.6 is 0 Å². The first-order chi connectivity index (χ1) is 35.1. The standard InChI is InChI=1S/2C8H15N.5C7H13N.C6H11N.C5H9N/c1-3-8-4-2-7(1)5-6-9-8;1-3-7-4-2-6-9-8(7)5-1;1-2-7-3-6(1)4-8-5-7;1-2-7-5-6(1)3-4-8-7;1-2-6-4-7(3-1)8-5-6;1-2-6-4-5-8-7(6)3-1;1-2-6-4-5-7(3-1)8-6;1-2-6-4-3-5(1)7-6;1-4-2-5(1)6-3-4/h2*7-9H,1-6H2;5*6-8H,1-5H2;5-7H,1-4H2;4-6H,1-3H2. The zero-order valence-corrected chi connectivity index (χ0v) is 46.0. The molecule has 0 aromatic rings. The van der Waals surface area contributed by atoms with Crippen LogP contribution in [0.2, 0.25) is 0 Å². The Bertz CT molecular complexity index is 1230. The van der Waals surface area contributed by atoms with Crippen molar-refractivity contribution in [2.24, 2.45) is 47.3 Å². The molecule has 0 aromatic heterocycles. The topological polar surface area (TPSA) is 108 Å². The van der Waals surface area contributed by atoms with Crippen molar-refractivity contribution in [3.8, 4) is 0 Å². The molecular weight excluding hydrogens is 871 g/mol. The highest BCUT2D eigenvalue weighted by Gasteiger charge is 2.36. The van der Waals surface area contributed by atoms with Crippen LogP contribution in [0.25, 0.3) is 0 Å². The van der Waals surface area contributed by atoms with Crippen molar-refractivity contribution in [3.63, 3.8) is 0 Å². The second-order valence-corrected chi connectivity index (χ2v) is 27.6. The number of hydrogen-bond acceptors (Lipinski definition) is 9. The molecule has 9 N–H and O–H groups in total. The van der Waals surface area contributed by atoms with Crippen LogP contribution in [0.5, 0.6) is 0 Å². The molecule has 0 radical (unpaired) electrons. The summed E-state index contributed by atoms with van der Waals surface area (Å²) in [4.78, 5) is 0. The molecule has 408 valence electrons. The van der Waals surface area contributed by atoms with Crippen LogP contribution in [-0.4, -0.2) is 113 Å². The van der Waals surface area contributed by atoms with Gasteiger partial charge in [-0.3, -0.25) is 0 Å². The van der Waals surface area contributed by atoms with E-state index in [1.807, 2.05) is 0 Å². The second kappa shape index (κ2) is 28.9. The first-order valence-corrected chi connectivity index (χ1v) is 32.7. The monoisotopic (exact) mass is 986 g/mol. The summed E-state index contributed by atoms with van der Waals surface area (Å²) in [5.74, 6) is 8.53. The fourth-order valence-electron chi connectivity index (χ4n) is 17.7. The van der Waals surface area contributed by atoms with Crippen LogP contribution in [0, 0.1) is 47.3 Å². The molecule has 20 fully saturated rings. The lowest BCUT2D eigenvalue weighted by atomic mass is 9.87. The van der Waals surface area contributed by atoms with Gasteiger partial charge in [0.15, 0.2) is 0 Å². The van der Waals surface area contributed by atoms with E-state index in [0.29, 0.717) is 0 Å². The van der Waals surface area contributed by atoms with Gasteiger partial charge < -0.3 is 47.9 Å². The van der Waals surface area contributed by atoms with Gasteiger partial charge in [-0.15, -0.1) is 0 Å². The summed E-state index contributed by atoms with van der Waals surface area (Å²) in [6, 6.07) is 9.16. The minimum Gasteiger partial charge on any atom is -0.316 e.